The van der Waals surface area contributed by atoms with Gasteiger partial charge >= 0.3 is 0 Å². The highest BCUT2D eigenvalue weighted by atomic mass is 35.5. The molecule has 17 heavy (non-hydrogen) atoms. The van der Waals surface area contributed by atoms with Crippen molar-refractivity contribution in [3.8, 4) is 0 Å². The fourth-order valence-electron chi connectivity index (χ4n) is 1.22. The molecule has 0 aliphatic heterocycles. The Balaban J connectivity index is -0.000000980. The first kappa shape index (κ1) is 22.7. The third-order valence-electron chi connectivity index (χ3n) is 2.10. The lowest BCUT2D eigenvalue weighted by atomic mass is 10.2. The molecule has 0 saturated carbocycles. The van der Waals surface area contributed by atoms with E-state index in [1.807, 2.05) is 14.1 Å². The van der Waals surface area contributed by atoms with Gasteiger partial charge in [0.25, 0.3) is 0 Å². The van der Waals surface area contributed by atoms with Gasteiger partial charge in [-0.1, -0.05) is 18.2 Å². The average Bonchev–Trinajstić information content (AvgIpc) is 2.17. The predicted octanol–water partition coefficient (Wildman–Crippen LogP) is 2.56. The van der Waals surface area contributed by atoms with Crippen LogP contribution in [-0.4, -0.2) is 43.0 Å². The van der Waals surface area contributed by atoms with Crippen LogP contribution in [0.5, 0.6) is 0 Å². The van der Waals surface area contributed by atoms with Gasteiger partial charge in [0.15, 0.2) is 5.12 Å². The molecule has 0 aromatic heterocycles. The Morgan fingerprint density at radius 1 is 1.12 bits per heavy atom. The molecule has 0 unspecified atom stereocenters. The zero-order chi connectivity index (χ0) is 11.5. The monoisotopic (exact) mass is 304 g/mol. The van der Waals surface area contributed by atoms with E-state index in [0.717, 1.165) is 44.5 Å². The Morgan fingerprint density at radius 3 is 2.29 bits per heavy atom. The lowest BCUT2D eigenvalue weighted by molar-refractivity contribution is -0.111. The molecule has 0 fully saturated rings. The summed E-state index contributed by atoms with van der Waals surface area (Å²) >= 11 is 1.48. The maximum absolute atomic E-state index is 11.4. The van der Waals surface area contributed by atoms with E-state index < -0.39 is 0 Å². The van der Waals surface area contributed by atoms with Gasteiger partial charge in [-0.3, -0.25) is 4.79 Å². The highest BCUT2D eigenvalue weighted by Crippen LogP contribution is 2.10. The van der Waals surface area contributed by atoms with Crippen LogP contribution < -0.4 is 5.73 Å². The van der Waals surface area contributed by atoms with Crippen molar-refractivity contribution in [1.82, 2.24) is 4.90 Å². The summed E-state index contributed by atoms with van der Waals surface area (Å²) in [4.78, 5) is 13.5. The second-order valence-corrected chi connectivity index (χ2v) is 5.13. The van der Waals surface area contributed by atoms with Crippen LogP contribution in [0.25, 0.3) is 0 Å². The molecule has 0 heterocycles. The van der Waals surface area contributed by atoms with E-state index in [0.29, 0.717) is 11.5 Å². The molecule has 0 atom stereocenters. The fourth-order valence-corrected chi connectivity index (χ4v) is 2.09. The average molecular weight is 305 g/mol. The third-order valence-corrected chi connectivity index (χ3v) is 3.12. The number of unbranched alkanes of at least 4 members (excludes halogenated alkanes) is 2. The summed E-state index contributed by atoms with van der Waals surface area (Å²) in [6.45, 7) is 1.76. The number of rotatable bonds is 9. The molecule has 0 aliphatic carbocycles. The minimum Gasteiger partial charge on any atom is -0.330 e. The summed E-state index contributed by atoms with van der Waals surface area (Å²) in [6, 6.07) is 0. The predicted molar refractivity (Wildman–Crippen MR) is 82.7 cm³/mol. The lowest BCUT2D eigenvalue weighted by Gasteiger charge is -2.07. The third kappa shape index (κ3) is 19.1. The Labute approximate surface area is 122 Å². The maximum atomic E-state index is 11.4. The SMILES string of the molecule is CN(C)CCCC(=O)SCCCCCN.Cl.Cl. The molecular formula is C11H26Cl2N2OS. The van der Waals surface area contributed by atoms with Gasteiger partial charge in [-0.05, 0) is 46.4 Å². The molecular weight excluding hydrogens is 279 g/mol. The van der Waals surface area contributed by atoms with Crippen molar-refractivity contribution < 1.29 is 4.79 Å². The maximum Gasteiger partial charge on any atom is 0.188 e. The van der Waals surface area contributed by atoms with Crippen molar-refractivity contribution >= 4 is 41.7 Å². The zero-order valence-corrected chi connectivity index (χ0v) is 13.3. The van der Waals surface area contributed by atoms with Crippen LogP contribution in [0, 0.1) is 0 Å². The summed E-state index contributed by atoms with van der Waals surface area (Å²) in [5.41, 5.74) is 5.39. The number of carbonyl (C=O) groups is 1. The Hall–Kier alpha value is 0.520. The van der Waals surface area contributed by atoms with E-state index in [4.69, 9.17) is 5.73 Å². The van der Waals surface area contributed by atoms with E-state index in [2.05, 4.69) is 4.90 Å². The number of hydrogen-bond donors (Lipinski definition) is 1. The Morgan fingerprint density at radius 2 is 1.76 bits per heavy atom. The first-order chi connectivity index (χ1) is 7.16. The van der Waals surface area contributed by atoms with Gasteiger partial charge in [0.2, 0.25) is 0 Å². The summed E-state index contributed by atoms with van der Waals surface area (Å²) in [7, 11) is 4.06. The van der Waals surface area contributed by atoms with Gasteiger partial charge in [0.05, 0.1) is 0 Å². The molecule has 0 spiro atoms. The number of thioether (sulfide) groups is 1. The standard InChI is InChI=1S/C11H24N2OS.2ClH/c1-13(2)9-6-7-11(14)15-10-5-3-4-8-12;;/h3-10,12H2,1-2H3;2*1H. The fraction of sp³-hybridized carbons (Fsp3) is 0.909. The van der Waals surface area contributed by atoms with Crippen LogP contribution in [-0.2, 0) is 4.79 Å². The molecule has 0 aliphatic rings. The minimum atomic E-state index is 0. The van der Waals surface area contributed by atoms with Crippen LogP contribution >= 0.6 is 36.6 Å². The molecule has 0 rings (SSSR count). The van der Waals surface area contributed by atoms with Crippen LogP contribution in [0.2, 0.25) is 0 Å². The van der Waals surface area contributed by atoms with Crippen LogP contribution in [0.15, 0.2) is 0 Å². The summed E-state index contributed by atoms with van der Waals surface area (Å²) < 4.78 is 0. The molecule has 106 valence electrons. The van der Waals surface area contributed by atoms with Crippen molar-refractivity contribution in [3.05, 3.63) is 0 Å². The van der Waals surface area contributed by atoms with Gasteiger partial charge in [-0.2, -0.15) is 0 Å². The molecule has 3 nitrogen and oxygen atoms in total. The summed E-state index contributed by atoms with van der Waals surface area (Å²) in [6.07, 6.45) is 5.02. The molecule has 2 N–H and O–H groups in total. The van der Waals surface area contributed by atoms with Crippen molar-refractivity contribution in [2.24, 2.45) is 5.73 Å². The van der Waals surface area contributed by atoms with Crippen LogP contribution in [0.3, 0.4) is 0 Å². The highest BCUT2D eigenvalue weighted by molar-refractivity contribution is 8.13. The summed E-state index contributed by atoms with van der Waals surface area (Å²) in [5.74, 6) is 0.959. The molecule has 0 amide bonds. The van der Waals surface area contributed by atoms with Crippen LogP contribution in [0.1, 0.15) is 32.1 Å². The summed E-state index contributed by atoms with van der Waals surface area (Å²) in [5, 5.41) is 0.338. The molecule has 0 radical (unpaired) electrons. The topological polar surface area (TPSA) is 46.3 Å². The minimum absolute atomic E-state index is 0. The second kappa shape index (κ2) is 16.5. The first-order valence-corrected chi connectivity index (χ1v) is 6.65. The molecule has 0 aromatic carbocycles. The second-order valence-electron chi connectivity index (χ2n) is 3.98. The Kier molecular flexibility index (Phi) is 22.0. The number of nitrogens with two attached hydrogens (primary N) is 1. The molecule has 6 heteroatoms. The van der Waals surface area contributed by atoms with Gasteiger partial charge in [0.1, 0.15) is 0 Å². The van der Waals surface area contributed by atoms with E-state index in [1.54, 1.807) is 0 Å². The highest BCUT2D eigenvalue weighted by Gasteiger charge is 2.02. The lowest BCUT2D eigenvalue weighted by Crippen LogP contribution is -2.13. The first-order valence-electron chi connectivity index (χ1n) is 5.67. The number of hydrogen-bond acceptors (Lipinski definition) is 4. The number of carbonyl (C=O) groups excluding carboxylic acids is 1. The normalized spacial score (nSPS) is 9.65. The van der Waals surface area contributed by atoms with Crippen molar-refractivity contribution in [2.45, 2.75) is 32.1 Å². The van der Waals surface area contributed by atoms with Gasteiger partial charge in [0, 0.05) is 12.2 Å². The van der Waals surface area contributed by atoms with E-state index >= 15 is 0 Å². The number of nitrogens with zero attached hydrogens (tertiary/aromatic N) is 1. The van der Waals surface area contributed by atoms with E-state index in [-0.39, 0.29) is 24.8 Å². The molecule has 0 saturated heterocycles. The van der Waals surface area contributed by atoms with Gasteiger partial charge in [-0.15, -0.1) is 24.8 Å². The largest absolute Gasteiger partial charge is 0.330 e. The van der Waals surface area contributed by atoms with Crippen molar-refractivity contribution in [2.75, 3.05) is 32.9 Å². The van der Waals surface area contributed by atoms with Crippen molar-refractivity contribution in [3.63, 3.8) is 0 Å². The smallest absolute Gasteiger partial charge is 0.188 e. The van der Waals surface area contributed by atoms with Gasteiger partial charge < -0.3 is 10.6 Å². The van der Waals surface area contributed by atoms with E-state index in [1.165, 1.54) is 11.8 Å². The molecule has 0 aromatic rings. The van der Waals surface area contributed by atoms with Crippen LogP contribution in [0.4, 0.5) is 0 Å². The molecule has 0 bridgehead atoms. The van der Waals surface area contributed by atoms with E-state index in [9.17, 15) is 4.79 Å². The number of halogens is 2. The van der Waals surface area contributed by atoms with Crippen molar-refractivity contribution in [1.29, 1.82) is 0 Å². The quantitative estimate of drug-likeness (QED) is 0.665. The van der Waals surface area contributed by atoms with Gasteiger partial charge in [-0.25, -0.2) is 0 Å². The zero-order valence-electron chi connectivity index (χ0n) is 10.8. The Bertz CT molecular complexity index is 172.